The van der Waals surface area contributed by atoms with E-state index in [4.69, 9.17) is 39.5 Å². The van der Waals surface area contributed by atoms with E-state index in [0.717, 1.165) is 0 Å². The van der Waals surface area contributed by atoms with Crippen LogP contribution in [0.5, 0.6) is 11.5 Å². The normalized spacial score (nSPS) is 11.8. The number of carbonyl (C=O) groups is 1. The van der Waals surface area contributed by atoms with Gasteiger partial charge in [0.25, 0.3) is 5.69 Å². The maximum atomic E-state index is 12.6. The van der Waals surface area contributed by atoms with Crippen molar-refractivity contribution in [2.75, 3.05) is 5.32 Å². The summed E-state index contributed by atoms with van der Waals surface area (Å²) in [6.45, 7) is 3.34. The number of aryl methyl sites for hydroxylation is 1. The average Bonchev–Trinajstić information content (AvgIpc) is 3.01. The second kappa shape index (κ2) is 8.91. The molecule has 156 valence electrons. The van der Waals surface area contributed by atoms with Crippen molar-refractivity contribution in [3.05, 3.63) is 73.5 Å². The van der Waals surface area contributed by atoms with Crippen molar-refractivity contribution in [2.24, 2.45) is 0 Å². The molecule has 1 amide bonds. The van der Waals surface area contributed by atoms with E-state index in [9.17, 15) is 14.9 Å². The van der Waals surface area contributed by atoms with E-state index in [0.29, 0.717) is 15.7 Å². The molecule has 1 N–H and O–H groups in total. The van der Waals surface area contributed by atoms with Gasteiger partial charge >= 0.3 is 0 Å². The average molecular weight is 470 g/mol. The fraction of sp³-hybridized carbons (Fsp3) is 0.158. The highest BCUT2D eigenvalue weighted by Crippen LogP contribution is 2.34. The van der Waals surface area contributed by atoms with Crippen molar-refractivity contribution >= 4 is 52.1 Å². The monoisotopic (exact) mass is 468 g/mol. The third kappa shape index (κ3) is 5.02. The Kier molecular flexibility index (Phi) is 6.50. The quantitative estimate of drug-likeness (QED) is 0.350. The first kappa shape index (κ1) is 21.9. The zero-order valence-corrected chi connectivity index (χ0v) is 18.0. The molecular formula is C19H15Cl3N4O4. The van der Waals surface area contributed by atoms with E-state index < -0.39 is 16.9 Å². The Hall–Kier alpha value is -2.81. The highest BCUT2D eigenvalue weighted by molar-refractivity contribution is 6.35. The van der Waals surface area contributed by atoms with Gasteiger partial charge in [0.1, 0.15) is 17.5 Å². The van der Waals surface area contributed by atoms with Crippen LogP contribution in [0.2, 0.25) is 15.1 Å². The van der Waals surface area contributed by atoms with E-state index in [-0.39, 0.29) is 27.9 Å². The van der Waals surface area contributed by atoms with Crippen LogP contribution in [0.4, 0.5) is 11.4 Å². The number of non-ortho nitro benzene ring substituents is 1. The molecule has 1 atom stereocenters. The Morgan fingerprint density at radius 2 is 1.93 bits per heavy atom. The minimum atomic E-state index is -0.703. The number of benzene rings is 2. The smallest absolute Gasteiger partial charge is 0.275 e. The second-order valence-electron chi connectivity index (χ2n) is 6.36. The number of nitro groups is 1. The molecule has 0 saturated heterocycles. The first-order valence-corrected chi connectivity index (χ1v) is 9.72. The minimum Gasteiger partial charge on any atom is -0.455 e. The number of ether oxygens (including phenoxy) is 1. The Bertz CT molecular complexity index is 1110. The highest BCUT2D eigenvalue weighted by Gasteiger charge is 2.20. The number of aromatic nitrogens is 2. The molecule has 30 heavy (non-hydrogen) atoms. The lowest BCUT2D eigenvalue weighted by molar-refractivity contribution is -0.384. The number of halogens is 3. The molecule has 8 nitrogen and oxygen atoms in total. The lowest BCUT2D eigenvalue weighted by atomic mass is 10.2. The summed E-state index contributed by atoms with van der Waals surface area (Å²) in [5, 5.41) is 19.2. The molecule has 0 fully saturated rings. The van der Waals surface area contributed by atoms with Crippen LogP contribution in [0.1, 0.15) is 18.7 Å². The first-order chi connectivity index (χ1) is 14.1. The molecule has 2 aromatic carbocycles. The van der Waals surface area contributed by atoms with Gasteiger partial charge in [0.05, 0.1) is 32.4 Å². The third-order valence-electron chi connectivity index (χ3n) is 4.12. The van der Waals surface area contributed by atoms with E-state index >= 15 is 0 Å². The van der Waals surface area contributed by atoms with Crippen LogP contribution in [0.25, 0.3) is 0 Å². The SMILES string of the molecule is Cc1nn(C(C)C(=O)Nc2cc(Oc3ccc(Cl)cc3Cl)cc([N+](=O)[O-])c2)cc1Cl. The molecular weight excluding hydrogens is 455 g/mol. The first-order valence-electron chi connectivity index (χ1n) is 8.58. The maximum Gasteiger partial charge on any atom is 0.275 e. The molecule has 0 aliphatic heterocycles. The Morgan fingerprint density at radius 1 is 1.20 bits per heavy atom. The minimum absolute atomic E-state index is 0.120. The number of nitro benzene ring substituents is 1. The van der Waals surface area contributed by atoms with Crippen LogP contribution in [0.15, 0.2) is 42.6 Å². The predicted octanol–water partition coefficient (Wildman–Crippen LogP) is 6.05. The molecule has 11 heteroatoms. The van der Waals surface area contributed by atoms with Crippen molar-refractivity contribution < 1.29 is 14.5 Å². The van der Waals surface area contributed by atoms with Crippen LogP contribution in [-0.4, -0.2) is 20.6 Å². The number of nitrogens with one attached hydrogen (secondary N) is 1. The van der Waals surface area contributed by atoms with Gasteiger partial charge in [0.15, 0.2) is 0 Å². The van der Waals surface area contributed by atoms with Crippen molar-refractivity contribution in [1.29, 1.82) is 0 Å². The molecule has 0 aliphatic rings. The van der Waals surface area contributed by atoms with Gasteiger partial charge in [-0.3, -0.25) is 19.6 Å². The summed E-state index contributed by atoms with van der Waals surface area (Å²) in [6.07, 6.45) is 1.53. The predicted molar refractivity (Wildman–Crippen MR) is 115 cm³/mol. The number of hydrogen-bond donors (Lipinski definition) is 1. The summed E-state index contributed by atoms with van der Waals surface area (Å²) in [5.74, 6) is -0.0617. The van der Waals surface area contributed by atoms with Crippen LogP contribution in [-0.2, 0) is 4.79 Å². The summed E-state index contributed by atoms with van der Waals surface area (Å²) in [7, 11) is 0. The number of nitrogens with zero attached hydrogens (tertiary/aromatic N) is 3. The van der Waals surface area contributed by atoms with E-state index in [1.807, 2.05) is 0 Å². The summed E-state index contributed by atoms with van der Waals surface area (Å²) in [5.41, 5.74) is 0.497. The molecule has 0 bridgehead atoms. The largest absolute Gasteiger partial charge is 0.455 e. The van der Waals surface area contributed by atoms with Gasteiger partial charge in [-0.05, 0) is 32.0 Å². The fourth-order valence-electron chi connectivity index (χ4n) is 2.53. The van der Waals surface area contributed by atoms with Crippen molar-refractivity contribution in [3.8, 4) is 11.5 Å². The van der Waals surface area contributed by atoms with Gasteiger partial charge in [-0.2, -0.15) is 5.10 Å². The number of rotatable bonds is 6. The van der Waals surface area contributed by atoms with Crippen LogP contribution < -0.4 is 10.1 Å². The van der Waals surface area contributed by atoms with Crippen LogP contribution in [0.3, 0.4) is 0 Å². The van der Waals surface area contributed by atoms with Gasteiger partial charge in [-0.15, -0.1) is 0 Å². The van der Waals surface area contributed by atoms with E-state index in [2.05, 4.69) is 10.4 Å². The Labute approximate surface area is 186 Å². The van der Waals surface area contributed by atoms with Gasteiger partial charge < -0.3 is 10.1 Å². The molecule has 1 heterocycles. The zero-order chi connectivity index (χ0) is 22.0. The summed E-state index contributed by atoms with van der Waals surface area (Å²) in [4.78, 5) is 23.3. The van der Waals surface area contributed by atoms with Crippen molar-refractivity contribution in [3.63, 3.8) is 0 Å². The summed E-state index contributed by atoms with van der Waals surface area (Å²) in [6, 6.07) is 7.78. The van der Waals surface area contributed by atoms with Crippen LogP contribution in [0, 0.1) is 17.0 Å². The van der Waals surface area contributed by atoms with E-state index in [1.54, 1.807) is 19.9 Å². The van der Waals surface area contributed by atoms with Crippen LogP contribution >= 0.6 is 34.8 Å². The lowest BCUT2D eigenvalue weighted by Crippen LogP contribution is -2.24. The Morgan fingerprint density at radius 3 is 2.53 bits per heavy atom. The Balaban J connectivity index is 1.86. The topological polar surface area (TPSA) is 99.3 Å². The van der Waals surface area contributed by atoms with Gasteiger partial charge in [-0.25, -0.2) is 0 Å². The zero-order valence-electron chi connectivity index (χ0n) is 15.7. The lowest BCUT2D eigenvalue weighted by Gasteiger charge is -2.14. The maximum absolute atomic E-state index is 12.6. The molecule has 1 aromatic heterocycles. The third-order valence-corrected chi connectivity index (χ3v) is 5.03. The standard InChI is InChI=1S/C19H15Cl3N4O4/c1-10-17(22)9-25(24-10)11(2)19(27)23-13-6-14(26(28)29)8-15(7-13)30-18-4-3-12(20)5-16(18)21/h3-9,11H,1-2H3,(H,23,27). The second-order valence-corrected chi connectivity index (χ2v) is 7.61. The number of hydrogen-bond acceptors (Lipinski definition) is 5. The molecule has 3 aromatic rings. The molecule has 0 spiro atoms. The highest BCUT2D eigenvalue weighted by atomic mass is 35.5. The fourth-order valence-corrected chi connectivity index (χ4v) is 3.11. The van der Waals surface area contributed by atoms with Crippen molar-refractivity contribution in [2.45, 2.75) is 19.9 Å². The molecule has 0 saturated carbocycles. The summed E-state index contributed by atoms with van der Waals surface area (Å²) < 4.78 is 7.07. The molecule has 3 rings (SSSR count). The molecule has 0 aliphatic carbocycles. The number of anilines is 1. The number of amides is 1. The van der Waals surface area contributed by atoms with Gasteiger partial charge in [0.2, 0.25) is 5.91 Å². The van der Waals surface area contributed by atoms with Gasteiger partial charge in [0, 0.05) is 23.4 Å². The summed E-state index contributed by atoms with van der Waals surface area (Å²) >= 11 is 18.0. The molecule has 1 unspecified atom stereocenters. The van der Waals surface area contributed by atoms with Gasteiger partial charge in [-0.1, -0.05) is 34.8 Å². The van der Waals surface area contributed by atoms with E-state index in [1.165, 1.54) is 41.2 Å². The number of carbonyl (C=O) groups excluding carboxylic acids is 1. The molecule has 0 radical (unpaired) electrons. The van der Waals surface area contributed by atoms with Crippen molar-refractivity contribution in [1.82, 2.24) is 9.78 Å².